The maximum atomic E-state index is 11.9. The zero-order valence-corrected chi connectivity index (χ0v) is 12.8. The predicted octanol–water partition coefficient (Wildman–Crippen LogP) is 2.34. The summed E-state index contributed by atoms with van der Waals surface area (Å²) in [5, 5.41) is 14.1. The van der Waals surface area contributed by atoms with Crippen LogP contribution >= 0.6 is 0 Å². The van der Waals surface area contributed by atoms with Crippen LogP contribution in [0.3, 0.4) is 0 Å². The lowest BCUT2D eigenvalue weighted by Crippen LogP contribution is -2.40. The number of benzene rings is 1. The number of amides is 2. The number of carboxylic acids is 1. The minimum absolute atomic E-state index is 0.0967. The number of hydrogen-bond acceptors (Lipinski definition) is 3. The van der Waals surface area contributed by atoms with Gasteiger partial charge in [0, 0.05) is 12.8 Å². The van der Waals surface area contributed by atoms with E-state index < -0.39 is 18.1 Å². The minimum Gasteiger partial charge on any atom is -0.479 e. The Hall–Kier alpha value is -2.08. The Balaban J connectivity index is 2.73. The molecule has 0 spiro atoms. The normalized spacial score (nSPS) is 12.0. The fraction of sp³-hybridized carbons (Fsp3) is 0.467. The summed E-state index contributed by atoms with van der Waals surface area (Å²) in [6, 6.07) is 5.37. The van der Waals surface area contributed by atoms with Crippen LogP contribution in [0.25, 0.3) is 0 Å². The van der Waals surface area contributed by atoms with Gasteiger partial charge in [-0.2, -0.15) is 0 Å². The zero-order valence-electron chi connectivity index (χ0n) is 12.8. The highest BCUT2D eigenvalue weighted by Crippen LogP contribution is 2.27. The molecule has 1 unspecified atom stereocenters. The first-order chi connectivity index (χ1) is 9.86. The van der Waals surface area contributed by atoms with E-state index in [2.05, 4.69) is 10.6 Å². The molecule has 6 nitrogen and oxygen atoms in total. The standard InChI is InChI=1S/C15H22N2O4/c1-9(2)11-7-5-6-10(3)13(11)17-15(20)16-8-12(21-4)14(18)19/h5-7,9,12H,8H2,1-4H3,(H,18,19)(H2,16,17,20). The Morgan fingerprint density at radius 1 is 1.33 bits per heavy atom. The van der Waals surface area contributed by atoms with Crippen LogP contribution in [-0.2, 0) is 9.53 Å². The Morgan fingerprint density at radius 3 is 2.52 bits per heavy atom. The third kappa shape index (κ3) is 4.75. The molecule has 0 radical (unpaired) electrons. The summed E-state index contributed by atoms with van der Waals surface area (Å²) in [5.74, 6) is -0.845. The Kier molecular flexibility index (Phi) is 6.17. The third-order valence-corrected chi connectivity index (χ3v) is 3.17. The quantitative estimate of drug-likeness (QED) is 0.751. The Bertz CT molecular complexity index is 514. The van der Waals surface area contributed by atoms with Crippen LogP contribution in [0.1, 0.15) is 30.9 Å². The summed E-state index contributed by atoms with van der Waals surface area (Å²) in [6.07, 6.45) is -1.06. The molecule has 0 heterocycles. The molecule has 0 aliphatic rings. The highest BCUT2D eigenvalue weighted by molar-refractivity contribution is 5.91. The van der Waals surface area contributed by atoms with Gasteiger partial charge in [0.2, 0.25) is 0 Å². The van der Waals surface area contributed by atoms with Crippen LogP contribution in [0.15, 0.2) is 18.2 Å². The van der Waals surface area contributed by atoms with Gasteiger partial charge in [-0.15, -0.1) is 0 Å². The number of carbonyl (C=O) groups is 2. The Morgan fingerprint density at radius 2 is 2.00 bits per heavy atom. The van der Waals surface area contributed by atoms with Crippen LogP contribution in [0, 0.1) is 6.92 Å². The van der Waals surface area contributed by atoms with Gasteiger partial charge in [0.15, 0.2) is 6.10 Å². The molecule has 0 saturated heterocycles. The number of para-hydroxylation sites is 1. The molecular formula is C15H22N2O4. The molecule has 0 fully saturated rings. The van der Waals surface area contributed by atoms with E-state index in [1.165, 1.54) is 7.11 Å². The lowest BCUT2D eigenvalue weighted by Gasteiger charge is -2.17. The number of nitrogens with one attached hydrogen (secondary N) is 2. The molecule has 3 N–H and O–H groups in total. The van der Waals surface area contributed by atoms with Crippen molar-refractivity contribution in [3.05, 3.63) is 29.3 Å². The van der Waals surface area contributed by atoms with Crippen LogP contribution in [0.4, 0.5) is 10.5 Å². The number of urea groups is 1. The van der Waals surface area contributed by atoms with Gasteiger partial charge in [0.1, 0.15) is 0 Å². The number of hydrogen-bond donors (Lipinski definition) is 3. The molecule has 2 amide bonds. The maximum Gasteiger partial charge on any atom is 0.334 e. The summed E-state index contributed by atoms with van der Waals surface area (Å²) < 4.78 is 4.76. The minimum atomic E-state index is -1.11. The number of anilines is 1. The second-order valence-electron chi connectivity index (χ2n) is 5.09. The predicted molar refractivity (Wildman–Crippen MR) is 80.7 cm³/mol. The lowest BCUT2D eigenvalue weighted by atomic mass is 9.98. The smallest absolute Gasteiger partial charge is 0.334 e. The number of rotatable bonds is 6. The second kappa shape index (κ2) is 7.64. The van der Waals surface area contributed by atoms with E-state index in [1.807, 2.05) is 39.0 Å². The van der Waals surface area contributed by atoms with Crippen LogP contribution < -0.4 is 10.6 Å². The number of ether oxygens (including phenoxy) is 1. The van der Waals surface area contributed by atoms with Crippen molar-refractivity contribution >= 4 is 17.7 Å². The van der Waals surface area contributed by atoms with E-state index in [9.17, 15) is 9.59 Å². The first-order valence-electron chi connectivity index (χ1n) is 6.76. The average molecular weight is 294 g/mol. The molecule has 21 heavy (non-hydrogen) atoms. The van der Waals surface area contributed by atoms with Gasteiger partial charge in [0.05, 0.1) is 6.54 Å². The lowest BCUT2D eigenvalue weighted by molar-refractivity contribution is -0.147. The molecule has 1 aromatic carbocycles. The molecule has 116 valence electrons. The van der Waals surface area contributed by atoms with Crippen LogP contribution in [0.5, 0.6) is 0 Å². The molecule has 0 aromatic heterocycles. The van der Waals surface area contributed by atoms with Gasteiger partial charge in [-0.3, -0.25) is 0 Å². The zero-order chi connectivity index (χ0) is 16.0. The van der Waals surface area contributed by atoms with E-state index in [0.717, 1.165) is 16.8 Å². The Labute approximate surface area is 124 Å². The maximum absolute atomic E-state index is 11.9. The first-order valence-corrected chi connectivity index (χ1v) is 6.76. The van der Waals surface area contributed by atoms with Crippen molar-refractivity contribution in [2.75, 3.05) is 19.0 Å². The van der Waals surface area contributed by atoms with Gasteiger partial charge in [0.25, 0.3) is 0 Å². The SMILES string of the molecule is COC(CNC(=O)Nc1c(C)cccc1C(C)C)C(=O)O. The molecule has 1 atom stereocenters. The van der Waals surface area contributed by atoms with E-state index in [1.54, 1.807) is 0 Å². The summed E-state index contributed by atoms with van der Waals surface area (Å²) >= 11 is 0. The van der Waals surface area contributed by atoms with Crippen molar-refractivity contribution in [1.82, 2.24) is 5.32 Å². The molecule has 0 bridgehead atoms. The topological polar surface area (TPSA) is 87.7 Å². The van der Waals surface area contributed by atoms with Crippen molar-refractivity contribution in [1.29, 1.82) is 0 Å². The summed E-state index contributed by atoms with van der Waals surface area (Å²) in [6.45, 7) is 5.91. The van der Waals surface area contributed by atoms with E-state index >= 15 is 0 Å². The van der Waals surface area contributed by atoms with Crippen molar-refractivity contribution < 1.29 is 19.4 Å². The highest BCUT2D eigenvalue weighted by Gasteiger charge is 2.18. The third-order valence-electron chi connectivity index (χ3n) is 3.17. The van der Waals surface area contributed by atoms with Crippen LogP contribution in [-0.4, -0.2) is 36.9 Å². The molecule has 0 saturated carbocycles. The number of carbonyl (C=O) groups excluding carboxylic acids is 1. The largest absolute Gasteiger partial charge is 0.479 e. The van der Waals surface area contributed by atoms with Gasteiger partial charge in [-0.25, -0.2) is 9.59 Å². The molecule has 1 aromatic rings. The molecule has 6 heteroatoms. The first kappa shape index (κ1) is 17.0. The van der Waals surface area contributed by atoms with Crippen molar-refractivity contribution in [2.45, 2.75) is 32.8 Å². The molecular weight excluding hydrogens is 272 g/mol. The van der Waals surface area contributed by atoms with Crippen molar-refractivity contribution in [3.8, 4) is 0 Å². The van der Waals surface area contributed by atoms with Gasteiger partial charge in [-0.05, 0) is 24.0 Å². The summed E-state index contributed by atoms with van der Waals surface area (Å²) in [7, 11) is 1.29. The van der Waals surface area contributed by atoms with Crippen molar-refractivity contribution in [3.63, 3.8) is 0 Å². The highest BCUT2D eigenvalue weighted by atomic mass is 16.5. The average Bonchev–Trinajstić information content (AvgIpc) is 2.41. The van der Waals surface area contributed by atoms with Crippen molar-refractivity contribution in [2.24, 2.45) is 0 Å². The molecule has 1 rings (SSSR count). The van der Waals surface area contributed by atoms with E-state index in [0.29, 0.717) is 0 Å². The van der Waals surface area contributed by atoms with Gasteiger partial charge < -0.3 is 20.5 Å². The summed E-state index contributed by atoms with van der Waals surface area (Å²) in [4.78, 5) is 22.7. The van der Waals surface area contributed by atoms with Gasteiger partial charge in [-0.1, -0.05) is 32.0 Å². The van der Waals surface area contributed by atoms with E-state index in [4.69, 9.17) is 9.84 Å². The molecule has 0 aliphatic heterocycles. The number of carboxylic acid groups (broad SMARTS) is 1. The number of methoxy groups -OCH3 is 1. The fourth-order valence-electron chi connectivity index (χ4n) is 1.96. The second-order valence-corrected chi connectivity index (χ2v) is 5.09. The van der Waals surface area contributed by atoms with Crippen LogP contribution in [0.2, 0.25) is 0 Å². The molecule has 0 aliphatic carbocycles. The van der Waals surface area contributed by atoms with Gasteiger partial charge >= 0.3 is 12.0 Å². The monoisotopic (exact) mass is 294 g/mol. The summed E-state index contributed by atoms with van der Waals surface area (Å²) in [5.41, 5.74) is 2.75. The number of aliphatic carboxylic acids is 1. The van der Waals surface area contributed by atoms with E-state index in [-0.39, 0.29) is 12.5 Å². The number of aryl methyl sites for hydroxylation is 1. The fourth-order valence-corrected chi connectivity index (χ4v) is 1.96.